The Kier molecular flexibility index (Phi) is 6.52. The molecule has 0 atom stereocenters. The molecule has 0 bridgehead atoms. The van der Waals surface area contributed by atoms with Gasteiger partial charge in [-0.25, -0.2) is 9.37 Å². The molecular weight excluding hydrogens is 480 g/mol. The quantitative estimate of drug-likeness (QED) is 0.423. The lowest BCUT2D eigenvalue weighted by Gasteiger charge is -2.26. The van der Waals surface area contributed by atoms with Crippen LogP contribution >= 0.6 is 34.5 Å². The van der Waals surface area contributed by atoms with Gasteiger partial charge in [-0.1, -0.05) is 35.3 Å². The maximum atomic E-state index is 13.8. The summed E-state index contributed by atoms with van der Waals surface area (Å²) in [6, 6.07) is 11.8. The predicted molar refractivity (Wildman–Crippen MR) is 134 cm³/mol. The number of aromatic nitrogens is 1. The molecule has 3 heterocycles. The number of para-hydroxylation sites is 1. The first kappa shape index (κ1) is 22.5. The van der Waals surface area contributed by atoms with E-state index in [0.717, 1.165) is 52.6 Å². The van der Waals surface area contributed by atoms with Gasteiger partial charge in [-0.3, -0.25) is 9.69 Å². The molecule has 2 aromatic carbocycles. The summed E-state index contributed by atoms with van der Waals surface area (Å²) in [5, 5.41) is 5.32. The van der Waals surface area contributed by atoms with E-state index in [4.69, 9.17) is 28.2 Å². The summed E-state index contributed by atoms with van der Waals surface area (Å²) in [7, 11) is 0. The summed E-state index contributed by atoms with van der Waals surface area (Å²) in [5.41, 5.74) is 3.16. The zero-order chi connectivity index (χ0) is 22.9. The number of carbonyl (C=O) groups is 1. The van der Waals surface area contributed by atoms with E-state index in [9.17, 15) is 9.18 Å². The van der Waals surface area contributed by atoms with Gasteiger partial charge in [-0.15, -0.1) is 11.3 Å². The predicted octanol–water partition coefficient (Wildman–Crippen LogP) is 6.89. The first-order valence-electron chi connectivity index (χ1n) is 11.0. The van der Waals surface area contributed by atoms with Gasteiger partial charge in [0, 0.05) is 24.1 Å². The fourth-order valence-corrected chi connectivity index (χ4v) is 6.19. The summed E-state index contributed by atoms with van der Waals surface area (Å²) in [5.74, 6) is -0.0174. The van der Waals surface area contributed by atoms with Crippen LogP contribution in [0.3, 0.4) is 0 Å². The molecule has 2 aliphatic rings. The van der Waals surface area contributed by atoms with Gasteiger partial charge >= 0.3 is 0 Å². The summed E-state index contributed by atoms with van der Waals surface area (Å²) in [6.45, 7) is 1.92. The molecular formula is C25H22Cl2FN3OS. The second kappa shape index (κ2) is 9.55. The number of carbonyl (C=O) groups excluding carboxylic acids is 1. The number of anilines is 1. The Labute approximate surface area is 206 Å². The van der Waals surface area contributed by atoms with Crippen LogP contribution in [0.1, 0.15) is 42.3 Å². The van der Waals surface area contributed by atoms with E-state index in [-0.39, 0.29) is 11.7 Å². The number of benzene rings is 2. The summed E-state index contributed by atoms with van der Waals surface area (Å²) in [6.07, 6.45) is 4.81. The molecule has 1 fully saturated rings. The number of hydrogen-bond donors (Lipinski definition) is 1. The van der Waals surface area contributed by atoms with Crippen LogP contribution in [0.4, 0.5) is 10.1 Å². The minimum atomic E-state index is -0.374. The summed E-state index contributed by atoms with van der Waals surface area (Å²) < 4.78 is 13.8. The van der Waals surface area contributed by atoms with Crippen molar-refractivity contribution in [1.29, 1.82) is 0 Å². The number of nitrogens with one attached hydrogen (secondary N) is 1. The van der Waals surface area contributed by atoms with Crippen molar-refractivity contribution in [3.63, 3.8) is 0 Å². The lowest BCUT2D eigenvalue weighted by atomic mass is 9.98. The minimum absolute atomic E-state index is 0.0120. The van der Waals surface area contributed by atoms with Crippen LogP contribution in [0.5, 0.6) is 0 Å². The van der Waals surface area contributed by atoms with Crippen LogP contribution in [0.2, 0.25) is 10.0 Å². The second-order valence-corrected chi connectivity index (χ2v) is 10.1. The van der Waals surface area contributed by atoms with E-state index in [2.05, 4.69) is 5.32 Å². The molecule has 0 radical (unpaired) electrons. The largest absolute Gasteiger partial charge is 0.317 e. The number of nitrogens with zero attached hydrogens (tertiary/aromatic N) is 2. The molecule has 2 aliphatic heterocycles. The first-order valence-corrected chi connectivity index (χ1v) is 12.5. The molecule has 3 aromatic rings. The second-order valence-electron chi connectivity index (χ2n) is 8.25. The average Bonchev–Trinajstić information content (AvgIpc) is 3.26. The Hall–Kier alpha value is -2.25. The third-order valence-corrected chi connectivity index (χ3v) is 7.97. The van der Waals surface area contributed by atoms with Gasteiger partial charge in [0.1, 0.15) is 5.82 Å². The Bertz CT molecular complexity index is 1240. The highest BCUT2D eigenvalue weighted by Gasteiger charge is 2.28. The summed E-state index contributed by atoms with van der Waals surface area (Å²) in [4.78, 5) is 20.4. The van der Waals surface area contributed by atoms with Crippen molar-refractivity contribution in [3.8, 4) is 10.4 Å². The SMILES string of the molecule is O=C1CCC(c2nc(C3CCNCC3)sc2-c2ccc(F)cc2Cl)=CN1c1ccccc1Cl. The highest BCUT2D eigenvalue weighted by atomic mass is 35.5. The fraction of sp³-hybridized carbons (Fsp3) is 0.280. The highest BCUT2D eigenvalue weighted by molar-refractivity contribution is 7.15. The molecule has 1 N–H and O–H groups in total. The van der Waals surface area contributed by atoms with Crippen LogP contribution in [0.25, 0.3) is 16.0 Å². The lowest BCUT2D eigenvalue weighted by molar-refractivity contribution is -0.118. The summed E-state index contributed by atoms with van der Waals surface area (Å²) >= 11 is 14.5. The van der Waals surface area contributed by atoms with Gasteiger partial charge < -0.3 is 5.32 Å². The zero-order valence-electron chi connectivity index (χ0n) is 17.8. The smallest absolute Gasteiger partial charge is 0.231 e. The molecule has 0 unspecified atom stereocenters. The number of halogens is 3. The highest BCUT2D eigenvalue weighted by Crippen LogP contribution is 2.44. The molecule has 0 spiro atoms. The third kappa shape index (κ3) is 4.58. The minimum Gasteiger partial charge on any atom is -0.317 e. The van der Waals surface area contributed by atoms with Gasteiger partial charge in [0.25, 0.3) is 0 Å². The number of thiazole rings is 1. The third-order valence-electron chi connectivity index (χ3n) is 6.09. The number of amides is 1. The van der Waals surface area contributed by atoms with Crippen LogP contribution in [0.15, 0.2) is 48.7 Å². The Morgan fingerprint density at radius 1 is 1.06 bits per heavy atom. The van der Waals surface area contributed by atoms with Crippen molar-refractivity contribution in [3.05, 3.63) is 75.2 Å². The standard InChI is InChI=1S/C25H22Cl2FN3OS/c26-19-3-1-2-4-21(19)31-14-16(5-8-22(31)32)23-24(18-7-6-17(28)13-20(18)27)33-25(30-23)15-9-11-29-12-10-15/h1-4,6-7,13-15,29H,5,8-12H2. The monoisotopic (exact) mass is 501 g/mol. The Balaban J connectivity index is 1.62. The molecule has 5 rings (SSSR count). The van der Waals surface area contributed by atoms with Crippen LogP contribution in [0, 0.1) is 5.82 Å². The fourth-order valence-electron chi connectivity index (χ4n) is 4.34. The number of allylic oxidation sites excluding steroid dienone is 1. The molecule has 0 aliphatic carbocycles. The van der Waals surface area contributed by atoms with Crippen molar-refractivity contribution in [1.82, 2.24) is 10.3 Å². The zero-order valence-corrected chi connectivity index (χ0v) is 20.1. The van der Waals surface area contributed by atoms with E-state index >= 15 is 0 Å². The number of hydrogen-bond acceptors (Lipinski definition) is 4. The van der Waals surface area contributed by atoms with Crippen molar-refractivity contribution in [2.24, 2.45) is 0 Å². The van der Waals surface area contributed by atoms with Gasteiger partial charge in [0.15, 0.2) is 0 Å². The van der Waals surface area contributed by atoms with Gasteiger partial charge in [-0.2, -0.15) is 0 Å². The molecule has 1 aromatic heterocycles. The van der Waals surface area contributed by atoms with Crippen LogP contribution < -0.4 is 10.2 Å². The van der Waals surface area contributed by atoms with E-state index in [1.807, 2.05) is 24.4 Å². The van der Waals surface area contributed by atoms with Gasteiger partial charge in [0.2, 0.25) is 5.91 Å². The molecule has 8 heteroatoms. The molecule has 1 amide bonds. The maximum Gasteiger partial charge on any atom is 0.231 e. The van der Waals surface area contributed by atoms with Crippen molar-refractivity contribution in [2.45, 2.75) is 31.6 Å². The van der Waals surface area contributed by atoms with E-state index < -0.39 is 0 Å². The van der Waals surface area contributed by atoms with Crippen LogP contribution in [-0.4, -0.2) is 24.0 Å². The average molecular weight is 502 g/mol. The number of rotatable bonds is 4. The first-order chi connectivity index (χ1) is 16.0. The molecule has 0 saturated carbocycles. The van der Waals surface area contributed by atoms with E-state index in [1.54, 1.807) is 28.4 Å². The Morgan fingerprint density at radius 3 is 2.61 bits per heavy atom. The molecule has 1 saturated heterocycles. The van der Waals surface area contributed by atoms with Crippen molar-refractivity contribution >= 4 is 51.7 Å². The van der Waals surface area contributed by atoms with Crippen LogP contribution in [-0.2, 0) is 4.79 Å². The normalized spacial score (nSPS) is 17.4. The van der Waals surface area contributed by atoms with E-state index in [1.165, 1.54) is 12.1 Å². The van der Waals surface area contributed by atoms with Crippen molar-refractivity contribution in [2.75, 3.05) is 18.0 Å². The van der Waals surface area contributed by atoms with Crippen molar-refractivity contribution < 1.29 is 9.18 Å². The van der Waals surface area contributed by atoms with Gasteiger partial charge in [-0.05, 0) is 68.3 Å². The molecule has 33 heavy (non-hydrogen) atoms. The Morgan fingerprint density at radius 2 is 1.85 bits per heavy atom. The van der Waals surface area contributed by atoms with E-state index in [0.29, 0.717) is 34.5 Å². The molecule has 170 valence electrons. The topological polar surface area (TPSA) is 45.2 Å². The number of piperidine rings is 1. The van der Waals surface area contributed by atoms with Gasteiger partial charge in [0.05, 0.1) is 31.3 Å². The molecule has 4 nitrogen and oxygen atoms in total. The maximum absolute atomic E-state index is 13.8. The lowest BCUT2D eigenvalue weighted by Crippen LogP contribution is -2.29.